The van der Waals surface area contributed by atoms with E-state index in [1.165, 1.54) is 11.3 Å². The van der Waals surface area contributed by atoms with Gasteiger partial charge in [-0.1, -0.05) is 23.6 Å². The van der Waals surface area contributed by atoms with E-state index >= 15 is 0 Å². The lowest BCUT2D eigenvalue weighted by Gasteiger charge is -2.05. The maximum atomic E-state index is 5.67. The van der Waals surface area contributed by atoms with Gasteiger partial charge in [-0.2, -0.15) is 5.10 Å². The van der Waals surface area contributed by atoms with Crippen molar-refractivity contribution in [3.8, 4) is 5.75 Å². The van der Waals surface area contributed by atoms with E-state index in [0.717, 1.165) is 16.0 Å². The molecule has 6 nitrogen and oxygen atoms in total. The molecule has 0 aliphatic carbocycles. The number of rotatable bonds is 4. The van der Waals surface area contributed by atoms with Gasteiger partial charge in [-0.15, -0.1) is 5.10 Å². The van der Waals surface area contributed by atoms with Crippen LogP contribution in [0.2, 0.25) is 0 Å². The van der Waals surface area contributed by atoms with Gasteiger partial charge in [-0.3, -0.25) is 0 Å². The Balaban J connectivity index is 1.97. The third kappa shape index (κ3) is 2.76. The Bertz CT molecular complexity index is 817. The summed E-state index contributed by atoms with van der Waals surface area (Å²) >= 11 is 6.49. The summed E-state index contributed by atoms with van der Waals surface area (Å²) in [4.78, 5) is 4.74. The van der Waals surface area contributed by atoms with Crippen LogP contribution in [0.5, 0.6) is 5.75 Å². The molecule has 0 saturated heterocycles. The molecule has 2 aromatic heterocycles. The molecule has 0 unspecified atom stereocenters. The van der Waals surface area contributed by atoms with Crippen LogP contribution in [0.3, 0.4) is 0 Å². The van der Waals surface area contributed by atoms with Gasteiger partial charge >= 0.3 is 0 Å². The molecule has 0 radical (unpaired) electrons. The first kappa shape index (κ1) is 13.7. The van der Waals surface area contributed by atoms with E-state index in [4.69, 9.17) is 22.7 Å². The Labute approximate surface area is 130 Å². The van der Waals surface area contributed by atoms with Crippen molar-refractivity contribution in [1.29, 1.82) is 0 Å². The summed E-state index contributed by atoms with van der Waals surface area (Å²) in [6.45, 7) is 0. The topological polar surface area (TPSA) is 86.0 Å². The maximum absolute atomic E-state index is 5.67. The Morgan fingerprint density at radius 3 is 3.00 bits per heavy atom. The van der Waals surface area contributed by atoms with E-state index in [0.29, 0.717) is 16.5 Å². The molecular formula is C13H11N5OS2. The van der Waals surface area contributed by atoms with Gasteiger partial charge in [0.15, 0.2) is 10.9 Å². The minimum absolute atomic E-state index is 0.259. The van der Waals surface area contributed by atoms with Crippen molar-refractivity contribution in [2.45, 2.75) is 0 Å². The highest BCUT2D eigenvalue weighted by Crippen LogP contribution is 2.30. The van der Waals surface area contributed by atoms with Crippen LogP contribution in [-0.2, 0) is 0 Å². The lowest BCUT2D eigenvalue weighted by molar-refractivity contribution is 0.415. The largest absolute Gasteiger partial charge is 0.497 e. The van der Waals surface area contributed by atoms with Crippen molar-refractivity contribution < 1.29 is 4.74 Å². The number of thiazole rings is 1. The molecule has 21 heavy (non-hydrogen) atoms. The summed E-state index contributed by atoms with van der Waals surface area (Å²) in [6.07, 6.45) is 1.54. The molecule has 3 N–H and O–H groups in total. The Morgan fingerprint density at radius 1 is 1.38 bits per heavy atom. The molecule has 0 aliphatic heterocycles. The number of nitrogens with two attached hydrogens (primary N) is 1. The van der Waals surface area contributed by atoms with Crippen LogP contribution in [-0.4, -0.2) is 27.3 Å². The number of methoxy groups -OCH3 is 1. The zero-order valence-corrected chi connectivity index (χ0v) is 12.7. The van der Waals surface area contributed by atoms with Crippen molar-refractivity contribution in [3.63, 3.8) is 0 Å². The third-order valence-corrected chi connectivity index (χ3v) is 3.96. The summed E-state index contributed by atoms with van der Waals surface area (Å²) in [5, 5.41) is 11.6. The van der Waals surface area contributed by atoms with Crippen LogP contribution in [0.4, 0.5) is 10.9 Å². The zero-order valence-electron chi connectivity index (χ0n) is 11.0. The van der Waals surface area contributed by atoms with E-state index in [1.54, 1.807) is 19.4 Å². The second kappa shape index (κ2) is 5.58. The fourth-order valence-electron chi connectivity index (χ4n) is 1.81. The first-order valence-electron chi connectivity index (χ1n) is 6.00. The fraction of sp³-hybridized carbons (Fsp3) is 0.0769. The van der Waals surface area contributed by atoms with Crippen LogP contribution in [0.15, 0.2) is 30.5 Å². The predicted octanol–water partition coefficient (Wildman–Crippen LogP) is 2.47. The molecule has 0 atom stereocenters. The highest BCUT2D eigenvalue weighted by molar-refractivity contribution is 7.80. The fourth-order valence-corrected chi connectivity index (χ4v) is 2.87. The number of hydrogen-bond donors (Lipinski definition) is 2. The van der Waals surface area contributed by atoms with Gasteiger partial charge in [0.25, 0.3) is 0 Å². The van der Waals surface area contributed by atoms with Crippen molar-refractivity contribution in [2.24, 2.45) is 5.73 Å². The zero-order chi connectivity index (χ0) is 14.8. The number of ether oxygens (including phenoxy) is 1. The number of nitrogens with one attached hydrogen (secondary N) is 1. The maximum Gasteiger partial charge on any atom is 0.189 e. The van der Waals surface area contributed by atoms with Crippen LogP contribution in [0, 0.1) is 0 Å². The van der Waals surface area contributed by atoms with Gasteiger partial charge in [0.2, 0.25) is 0 Å². The van der Waals surface area contributed by atoms with E-state index in [2.05, 4.69) is 20.5 Å². The first-order valence-corrected chi connectivity index (χ1v) is 7.23. The molecule has 0 saturated carbocycles. The average molecular weight is 317 g/mol. The quantitative estimate of drug-likeness (QED) is 0.715. The molecule has 1 aromatic carbocycles. The minimum Gasteiger partial charge on any atom is -0.497 e. The number of nitrogens with zero attached hydrogens (tertiary/aromatic N) is 3. The van der Waals surface area contributed by atoms with Gasteiger partial charge in [0.1, 0.15) is 10.7 Å². The number of anilines is 2. The smallest absolute Gasteiger partial charge is 0.189 e. The van der Waals surface area contributed by atoms with E-state index in [1.807, 2.05) is 18.2 Å². The summed E-state index contributed by atoms with van der Waals surface area (Å²) in [6, 6.07) is 7.42. The summed E-state index contributed by atoms with van der Waals surface area (Å²) < 4.78 is 6.21. The molecule has 0 spiro atoms. The van der Waals surface area contributed by atoms with Crippen LogP contribution >= 0.6 is 23.6 Å². The number of benzene rings is 1. The highest BCUT2D eigenvalue weighted by Gasteiger charge is 2.10. The molecular weight excluding hydrogens is 306 g/mol. The molecule has 3 aromatic rings. The summed E-state index contributed by atoms with van der Waals surface area (Å²) in [7, 11) is 1.63. The van der Waals surface area contributed by atoms with Crippen molar-refractivity contribution >= 4 is 49.7 Å². The van der Waals surface area contributed by atoms with Gasteiger partial charge in [0.05, 0.1) is 29.1 Å². The molecule has 106 valence electrons. The number of hydrogen-bond acceptors (Lipinski definition) is 7. The third-order valence-electron chi connectivity index (χ3n) is 2.81. The van der Waals surface area contributed by atoms with Gasteiger partial charge in [-0.05, 0) is 24.3 Å². The van der Waals surface area contributed by atoms with Gasteiger partial charge in [0, 0.05) is 0 Å². The van der Waals surface area contributed by atoms with Crippen LogP contribution in [0.1, 0.15) is 5.56 Å². The lowest BCUT2D eigenvalue weighted by atomic mass is 10.3. The number of thiocarbonyl (C=S) groups is 1. The first-order chi connectivity index (χ1) is 10.2. The normalized spacial score (nSPS) is 10.5. The van der Waals surface area contributed by atoms with Crippen LogP contribution < -0.4 is 15.8 Å². The molecule has 0 fully saturated rings. The van der Waals surface area contributed by atoms with Gasteiger partial charge < -0.3 is 15.8 Å². The van der Waals surface area contributed by atoms with Crippen LogP contribution in [0.25, 0.3) is 10.2 Å². The van der Waals surface area contributed by atoms with E-state index < -0.39 is 0 Å². The highest BCUT2D eigenvalue weighted by atomic mass is 32.1. The SMILES string of the molecule is COc1ccc2nc(Nc3nnccc3C(N)=S)sc2c1. The van der Waals surface area contributed by atoms with Crippen molar-refractivity contribution in [2.75, 3.05) is 12.4 Å². The Kier molecular flexibility index (Phi) is 3.63. The lowest BCUT2D eigenvalue weighted by Crippen LogP contribution is -2.13. The second-order valence-corrected chi connectivity index (χ2v) is 5.61. The van der Waals surface area contributed by atoms with Crippen molar-refractivity contribution in [3.05, 3.63) is 36.0 Å². The number of aromatic nitrogens is 3. The number of fused-ring (bicyclic) bond motifs is 1. The molecule has 0 amide bonds. The summed E-state index contributed by atoms with van der Waals surface area (Å²) in [5.41, 5.74) is 7.19. The van der Waals surface area contributed by atoms with E-state index in [-0.39, 0.29) is 4.99 Å². The predicted molar refractivity (Wildman–Crippen MR) is 87.4 cm³/mol. The standard InChI is InChI=1S/C13H11N5OS2/c1-19-7-2-3-9-10(6-7)21-13(16-9)17-12-8(11(14)20)4-5-15-18-12/h2-6H,1H3,(H2,14,20)(H,16,17,18). The molecule has 3 rings (SSSR count). The second-order valence-electron chi connectivity index (χ2n) is 4.14. The Hall–Kier alpha value is -2.32. The summed E-state index contributed by atoms with van der Waals surface area (Å²) in [5.74, 6) is 1.29. The Morgan fingerprint density at radius 2 is 2.24 bits per heavy atom. The molecule has 8 heteroatoms. The van der Waals surface area contributed by atoms with Crippen molar-refractivity contribution in [1.82, 2.24) is 15.2 Å². The molecule has 0 aliphatic rings. The molecule has 0 bridgehead atoms. The minimum atomic E-state index is 0.259. The average Bonchev–Trinajstić information content (AvgIpc) is 2.88. The van der Waals surface area contributed by atoms with E-state index in [9.17, 15) is 0 Å². The molecule has 2 heterocycles. The van der Waals surface area contributed by atoms with Gasteiger partial charge in [-0.25, -0.2) is 4.98 Å². The monoisotopic (exact) mass is 317 g/mol.